The maximum atomic E-state index is 11.1. The van der Waals surface area contributed by atoms with Crippen LogP contribution in [0.5, 0.6) is 0 Å². The number of nitrogens with one attached hydrogen (secondary N) is 1. The zero-order valence-corrected chi connectivity index (χ0v) is 6.53. The molecule has 6 heteroatoms. The molecule has 1 unspecified atom stereocenters. The molecule has 0 radical (unpaired) electrons. The van der Waals surface area contributed by atoms with Crippen molar-refractivity contribution < 1.29 is 14.4 Å². The van der Waals surface area contributed by atoms with Crippen LogP contribution >= 0.6 is 0 Å². The Morgan fingerprint density at radius 3 is 2.58 bits per heavy atom. The van der Waals surface area contributed by atoms with E-state index in [4.69, 9.17) is 5.84 Å². The average Bonchev–Trinajstić information content (AvgIpc) is 2.01. The molecule has 0 aromatic carbocycles. The van der Waals surface area contributed by atoms with Crippen molar-refractivity contribution in [2.45, 2.75) is 13.3 Å². The van der Waals surface area contributed by atoms with Gasteiger partial charge in [0.1, 0.15) is 5.92 Å². The van der Waals surface area contributed by atoms with Crippen LogP contribution in [-0.4, -0.2) is 22.9 Å². The summed E-state index contributed by atoms with van der Waals surface area (Å²) in [4.78, 5) is 32.8. The summed E-state index contributed by atoms with van der Waals surface area (Å²) < 4.78 is 0. The molecule has 1 aliphatic heterocycles. The Morgan fingerprint density at radius 2 is 2.08 bits per heavy atom. The second kappa shape index (κ2) is 2.90. The quantitative estimate of drug-likeness (QED) is 0.299. The van der Waals surface area contributed by atoms with Gasteiger partial charge in [-0.15, -0.1) is 0 Å². The molecule has 66 valence electrons. The molecule has 0 aromatic heterocycles. The molecule has 0 aliphatic carbocycles. The smallest absolute Gasteiger partial charge is 0.276 e. The average molecular weight is 171 g/mol. The largest absolute Gasteiger partial charge is 0.345 e. The van der Waals surface area contributed by atoms with Crippen LogP contribution in [0.3, 0.4) is 0 Å². The second-order valence-electron chi connectivity index (χ2n) is 2.46. The van der Waals surface area contributed by atoms with E-state index in [9.17, 15) is 14.4 Å². The number of imide groups is 2. The van der Waals surface area contributed by atoms with Crippen LogP contribution < -0.4 is 11.2 Å². The van der Waals surface area contributed by atoms with Crippen LogP contribution in [-0.2, 0) is 9.59 Å². The SMILES string of the molecule is CCC1C(=O)NC(=O)N(N)C1=O. The van der Waals surface area contributed by atoms with Gasteiger partial charge in [0.15, 0.2) is 0 Å². The minimum Gasteiger partial charge on any atom is -0.276 e. The van der Waals surface area contributed by atoms with Crippen LogP contribution in [0.1, 0.15) is 13.3 Å². The number of nitrogens with two attached hydrogens (primary N) is 1. The first-order valence-corrected chi connectivity index (χ1v) is 3.51. The Bertz CT molecular complexity index is 250. The number of hydrogen-bond donors (Lipinski definition) is 2. The third-order valence-electron chi connectivity index (χ3n) is 1.71. The first-order valence-electron chi connectivity index (χ1n) is 3.51. The fourth-order valence-corrected chi connectivity index (χ4v) is 0.993. The summed E-state index contributed by atoms with van der Waals surface area (Å²) in [6, 6.07) is -0.866. The van der Waals surface area contributed by atoms with E-state index in [1.54, 1.807) is 6.92 Å². The number of carbonyl (C=O) groups excluding carboxylic acids is 3. The van der Waals surface area contributed by atoms with Crippen molar-refractivity contribution >= 4 is 17.8 Å². The number of barbiturate groups is 1. The number of urea groups is 1. The molecule has 0 spiro atoms. The van der Waals surface area contributed by atoms with Gasteiger partial charge in [-0.25, -0.2) is 10.6 Å². The van der Waals surface area contributed by atoms with Crippen LogP contribution in [0.25, 0.3) is 0 Å². The number of amides is 4. The Hall–Kier alpha value is -1.43. The van der Waals surface area contributed by atoms with Crippen molar-refractivity contribution in [1.29, 1.82) is 0 Å². The minimum absolute atomic E-state index is 0.339. The summed E-state index contributed by atoms with van der Waals surface area (Å²) >= 11 is 0. The molecule has 0 saturated carbocycles. The molecule has 1 aliphatic rings. The molecule has 0 bridgehead atoms. The topological polar surface area (TPSA) is 92.5 Å². The van der Waals surface area contributed by atoms with E-state index in [-0.39, 0.29) is 0 Å². The molecule has 4 amide bonds. The lowest BCUT2D eigenvalue weighted by atomic mass is 10.0. The fourth-order valence-electron chi connectivity index (χ4n) is 0.993. The van der Waals surface area contributed by atoms with Gasteiger partial charge in [0, 0.05) is 0 Å². The number of hydrogen-bond acceptors (Lipinski definition) is 4. The van der Waals surface area contributed by atoms with E-state index in [0.29, 0.717) is 11.4 Å². The third-order valence-corrected chi connectivity index (χ3v) is 1.71. The lowest BCUT2D eigenvalue weighted by molar-refractivity contribution is -0.142. The zero-order valence-electron chi connectivity index (χ0n) is 6.53. The highest BCUT2D eigenvalue weighted by molar-refractivity contribution is 6.15. The van der Waals surface area contributed by atoms with E-state index in [1.807, 2.05) is 5.32 Å². The van der Waals surface area contributed by atoms with Crippen molar-refractivity contribution in [2.24, 2.45) is 11.8 Å². The van der Waals surface area contributed by atoms with Crippen molar-refractivity contribution in [3.8, 4) is 0 Å². The summed E-state index contributed by atoms with van der Waals surface area (Å²) in [6.45, 7) is 1.67. The van der Waals surface area contributed by atoms with Gasteiger partial charge in [0.05, 0.1) is 0 Å². The number of nitrogens with zero attached hydrogens (tertiary/aromatic N) is 1. The number of rotatable bonds is 1. The molecule has 1 fully saturated rings. The van der Waals surface area contributed by atoms with Crippen molar-refractivity contribution in [3.63, 3.8) is 0 Å². The minimum atomic E-state index is -0.866. The first kappa shape index (κ1) is 8.66. The van der Waals surface area contributed by atoms with Gasteiger partial charge in [-0.2, -0.15) is 5.01 Å². The Morgan fingerprint density at radius 1 is 1.50 bits per heavy atom. The first-order chi connectivity index (χ1) is 5.57. The third kappa shape index (κ3) is 1.16. The maximum Gasteiger partial charge on any atom is 0.345 e. The van der Waals surface area contributed by atoms with Gasteiger partial charge < -0.3 is 0 Å². The summed E-state index contributed by atoms with van der Waals surface area (Å²) in [5.74, 6) is 3.02. The molecule has 1 heterocycles. The van der Waals surface area contributed by atoms with Crippen LogP contribution in [0.2, 0.25) is 0 Å². The van der Waals surface area contributed by atoms with Gasteiger partial charge in [0.25, 0.3) is 5.91 Å². The molecule has 3 N–H and O–H groups in total. The van der Waals surface area contributed by atoms with Gasteiger partial charge in [-0.05, 0) is 6.42 Å². The molecular formula is C6H9N3O3. The van der Waals surface area contributed by atoms with Crippen LogP contribution in [0, 0.1) is 5.92 Å². The highest BCUT2D eigenvalue weighted by Crippen LogP contribution is 2.10. The highest BCUT2D eigenvalue weighted by atomic mass is 16.2. The molecule has 0 aromatic rings. The Kier molecular flexibility index (Phi) is 2.09. The summed E-state index contributed by atoms with van der Waals surface area (Å²) in [5, 5.41) is 2.39. The predicted octanol–water partition coefficient (Wildman–Crippen LogP) is -1.04. The lowest BCUT2D eigenvalue weighted by Gasteiger charge is -2.25. The van der Waals surface area contributed by atoms with Crippen molar-refractivity contribution in [2.75, 3.05) is 0 Å². The lowest BCUT2D eigenvalue weighted by Crippen LogP contribution is -2.60. The van der Waals surface area contributed by atoms with E-state index >= 15 is 0 Å². The number of hydrazine groups is 1. The molecule has 1 saturated heterocycles. The van der Waals surface area contributed by atoms with Gasteiger partial charge in [-0.1, -0.05) is 6.92 Å². The molecule has 1 atom stereocenters. The normalized spacial score (nSPS) is 24.3. The van der Waals surface area contributed by atoms with Gasteiger partial charge >= 0.3 is 6.03 Å². The molecule has 6 nitrogen and oxygen atoms in total. The van der Waals surface area contributed by atoms with E-state index < -0.39 is 23.8 Å². The van der Waals surface area contributed by atoms with Crippen molar-refractivity contribution in [1.82, 2.24) is 10.3 Å². The highest BCUT2D eigenvalue weighted by Gasteiger charge is 2.37. The Balaban J connectivity index is 2.86. The standard InChI is InChI=1S/C6H9N3O3/c1-2-3-4(10)8-6(12)9(7)5(3)11/h3H,2,7H2,1H3,(H,8,10,12). The fraction of sp³-hybridized carbons (Fsp3) is 0.500. The molecular weight excluding hydrogens is 162 g/mol. The monoisotopic (exact) mass is 171 g/mol. The van der Waals surface area contributed by atoms with Gasteiger partial charge in [-0.3, -0.25) is 14.9 Å². The van der Waals surface area contributed by atoms with E-state index in [1.165, 1.54) is 0 Å². The summed E-state index contributed by atoms with van der Waals surface area (Å²) in [6.07, 6.45) is 0.339. The number of carbonyl (C=O) groups is 3. The summed E-state index contributed by atoms with van der Waals surface area (Å²) in [5.41, 5.74) is 0. The predicted molar refractivity (Wildman–Crippen MR) is 38.4 cm³/mol. The molecule has 12 heavy (non-hydrogen) atoms. The van der Waals surface area contributed by atoms with E-state index in [0.717, 1.165) is 0 Å². The molecule has 1 rings (SSSR count). The maximum absolute atomic E-state index is 11.1. The van der Waals surface area contributed by atoms with Crippen LogP contribution in [0.4, 0.5) is 4.79 Å². The van der Waals surface area contributed by atoms with Crippen molar-refractivity contribution in [3.05, 3.63) is 0 Å². The Labute approximate surface area is 68.7 Å². The zero-order chi connectivity index (χ0) is 9.30. The van der Waals surface area contributed by atoms with Gasteiger partial charge in [0.2, 0.25) is 5.91 Å². The van der Waals surface area contributed by atoms with E-state index in [2.05, 4.69) is 0 Å². The summed E-state index contributed by atoms with van der Waals surface area (Å²) in [7, 11) is 0. The van der Waals surface area contributed by atoms with Crippen LogP contribution in [0.15, 0.2) is 0 Å². The second-order valence-corrected chi connectivity index (χ2v) is 2.46.